The van der Waals surface area contributed by atoms with Crippen molar-refractivity contribution in [2.45, 2.75) is 70.8 Å². The van der Waals surface area contributed by atoms with E-state index in [0.29, 0.717) is 0 Å². The molecule has 0 aliphatic heterocycles. The van der Waals surface area contributed by atoms with Crippen molar-refractivity contribution in [2.75, 3.05) is 6.54 Å². The summed E-state index contributed by atoms with van der Waals surface area (Å²) >= 11 is 0. The molecular weight excluding hydrogens is 158 g/mol. The molecule has 1 N–H and O–H groups in total. The molecule has 1 aliphatic rings. The molecule has 0 aromatic carbocycles. The first-order chi connectivity index (χ1) is 6.43. The molecule has 13 heavy (non-hydrogen) atoms. The Morgan fingerprint density at radius 1 is 1.00 bits per heavy atom. The number of unbranched alkanes of at least 4 members (excludes halogenated alkanes) is 3. The average molecular weight is 183 g/mol. The normalized spacial score (nSPS) is 19.2. The van der Waals surface area contributed by atoms with Crippen LogP contribution in [0.1, 0.15) is 64.7 Å². The van der Waals surface area contributed by atoms with E-state index >= 15 is 0 Å². The minimum Gasteiger partial charge on any atom is -0.314 e. The van der Waals surface area contributed by atoms with Crippen LogP contribution >= 0.6 is 0 Å². The Morgan fingerprint density at radius 3 is 2.46 bits per heavy atom. The highest BCUT2D eigenvalue weighted by Crippen LogP contribution is 2.17. The molecule has 0 bridgehead atoms. The van der Waals surface area contributed by atoms with Crippen molar-refractivity contribution in [1.82, 2.24) is 5.32 Å². The molecule has 0 spiro atoms. The SMILES string of the molecule is CCCCCCNC1CCCCC1. The highest BCUT2D eigenvalue weighted by Gasteiger charge is 2.11. The molecule has 1 rings (SSSR count). The second-order valence-electron chi connectivity index (χ2n) is 4.35. The first-order valence-corrected chi connectivity index (χ1v) is 6.17. The van der Waals surface area contributed by atoms with Gasteiger partial charge in [-0.25, -0.2) is 0 Å². The Balaban J connectivity index is 1.86. The molecule has 0 unspecified atom stereocenters. The molecule has 0 saturated heterocycles. The monoisotopic (exact) mass is 183 g/mol. The van der Waals surface area contributed by atoms with Gasteiger partial charge in [0.1, 0.15) is 0 Å². The largest absolute Gasteiger partial charge is 0.314 e. The van der Waals surface area contributed by atoms with Crippen molar-refractivity contribution >= 4 is 0 Å². The zero-order valence-electron chi connectivity index (χ0n) is 9.15. The fraction of sp³-hybridized carbons (Fsp3) is 1.00. The smallest absolute Gasteiger partial charge is 0.00670 e. The van der Waals surface area contributed by atoms with Crippen molar-refractivity contribution in [1.29, 1.82) is 0 Å². The average Bonchev–Trinajstić information content (AvgIpc) is 2.19. The quantitative estimate of drug-likeness (QED) is 0.622. The van der Waals surface area contributed by atoms with Gasteiger partial charge in [-0.1, -0.05) is 45.4 Å². The van der Waals surface area contributed by atoms with Gasteiger partial charge in [0.05, 0.1) is 0 Å². The molecule has 1 nitrogen and oxygen atoms in total. The van der Waals surface area contributed by atoms with Crippen LogP contribution in [0, 0.1) is 0 Å². The third kappa shape index (κ3) is 5.30. The fourth-order valence-corrected chi connectivity index (χ4v) is 2.16. The van der Waals surface area contributed by atoms with Gasteiger partial charge in [0.2, 0.25) is 0 Å². The maximum atomic E-state index is 3.68. The maximum absolute atomic E-state index is 3.68. The van der Waals surface area contributed by atoms with Gasteiger partial charge in [-0.15, -0.1) is 0 Å². The minimum absolute atomic E-state index is 0.857. The summed E-state index contributed by atoms with van der Waals surface area (Å²) in [6.07, 6.45) is 12.8. The summed E-state index contributed by atoms with van der Waals surface area (Å²) < 4.78 is 0. The van der Waals surface area contributed by atoms with Gasteiger partial charge in [-0.2, -0.15) is 0 Å². The lowest BCUT2D eigenvalue weighted by atomic mass is 9.95. The van der Waals surface area contributed by atoms with Crippen LogP contribution < -0.4 is 5.32 Å². The van der Waals surface area contributed by atoms with E-state index in [1.54, 1.807) is 0 Å². The molecular formula is C12H25N. The van der Waals surface area contributed by atoms with Crippen molar-refractivity contribution in [3.05, 3.63) is 0 Å². The van der Waals surface area contributed by atoms with Crippen LogP contribution in [0.4, 0.5) is 0 Å². The Labute approximate surface area is 83.3 Å². The minimum atomic E-state index is 0.857. The van der Waals surface area contributed by atoms with E-state index in [4.69, 9.17) is 0 Å². The van der Waals surface area contributed by atoms with Gasteiger partial charge in [0.15, 0.2) is 0 Å². The van der Waals surface area contributed by atoms with E-state index in [0.717, 1.165) is 6.04 Å². The number of hydrogen-bond donors (Lipinski definition) is 1. The molecule has 0 heterocycles. The highest BCUT2D eigenvalue weighted by molar-refractivity contribution is 4.71. The van der Waals surface area contributed by atoms with Crippen LogP contribution in [0.5, 0.6) is 0 Å². The Bertz CT molecular complexity index is 106. The van der Waals surface area contributed by atoms with Gasteiger partial charge in [-0.05, 0) is 25.8 Å². The van der Waals surface area contributed by atoms with Crippen LogP contribution in [0.2, 0.25) is 0 Å². The molecule has 1 heteroatoms. The van der Waals surface area contributed by atoms with Crippen LogP contribution in [-0.4, -0.2) is 12.6 Å². The lowest BCUT2D eigenvalue weighted by Crippen LogP contribution is -2.31. The van der Waals surface area contributed by atoms with Gasteiger partial charge in [0.25, 0.3) is 0 Å². The van der Waals surface area contributed by atoms with Gasteiger partial charge < -0.3 is 5.32 Å². The molecule has 1 saturated carbocycles. The Kier molecular flexibility index (Phi) is 6.26. The van der Waals surface area contributed by atoms with E-state index in [2.05, 4.69) is 12.2 Å². The van der Waals surface area contributed by atoms with E-state index in [9.17, 15) is 0 Å². The topological polar surface area (TPSA) is 12.0 Å². The predicted octanol–water partition coefficient (Wildman–Crippen LogP) is 3.49. The molecule has 0 aromatic rings. The number of hydrogen-bond acceptors (Lipinski definition) is 1. The van der Waals surface area contributed by atoms with E-state index in [1.165, 1.54) is 64.3 Å². The van der Waals surface area contributed by atoms with Crippen LogP contribution in [0.15, 0.2) is 0 Å². The summed E-state index contributed by atoms with van der Waals surface area (Å²) in [4.78, 5) is 0. The van der Waals surface area contributed by atoms with E-state index in [-0.39, 0.29) is 0 Å². The highest BCUT2D eigenvalue weighted by atomic mass is 14.9. The molecule has 1 aliphatic carbocycles. The van der Waals surface area contributed by atoms with Gasteiger partial charge >= 0.3 is 0 Å². The second kappa shape index (κ2) is 7.37. The van der Waals surface area contributed by atoms with Crippen molar-refractivity contribution in [2.24, 2.45) is 0 Å². The Morgan fingerprint density at radius 2 is 1.77 bits per heavy atom. The summed E-state index contributed by atoms with van der Waals surface area (Å²) in [5.74, 6) is 0. The van der Waals surface area contributed by atoms with Crippen molar-refractivity contribution in [3.63, 3.8) is 0 Å². The second-order valence-corrected chi connectivity index (χ2v) is 4.35. The zero-order valence-corrected chi connectivity index (χ0v) is 9.15. The van der Waals surface area contributed by atoms with E-state index < -0.39 is 0 Å². The molecule has 0 aromatic heterocycles. The summed E-state index contributed by atoms with van der Waals surface area (Å²) in [5, 5.41) is 3.68. The van der Waals surface area contributed by atoms with Crippen LogP contribution in [-0.2, 0) is 0 Å². The lowest BCUT2D eigenvalue weighted by Gasteiger charge is -2.22. The van der Waals surface area contributed by atoms with Crippen molar-refractivity contribution in [3.8, 4) is 0 Å². The number of nitrogens with one attached hydrogen (secondary N) is 1. The molecule has 78 valence electrons. The molecule has 0 atom stereocenters. The summed E-state index contributed by atoms with van der Waals surface area (Å²) in [6, 6.07) is 0.857. The summed E-state index contributed by atoms with van der Waals surface area (Å²) in [7, 11) is 0. The van der Waals surface area contributed by atoms with Crippen molar-refractivity contribution < 1.29 is 0 Å². The first-order valence-electron chi connectivity index (χ1n) is 6.17. The molecule has 0 amide bonds. The summed E-state index contributed by atoms with van der Waals surface area (Å²) in [5.41, 5.74) is 0. The first kappa shape index (κ1) is 11.0. The standard InChI is InChI=1S/C12H25N/c1-2-3-4-8-11-13-12-9-6-5-7-10-12/h12-13H,2-11H2,1H3. The lowest BCUT2D eigenvalue weighted by molar-refractivity contribution is 0.370. The van der Waals surface area contributed by atoms with Gasteiger partial charge in [0, 0.05) is 6.04 Å². The predicted molar refractivity (Wildman–Crippen MR) is 59.0 cm³/mol. The van der Waals surface area contributed by atoms with Crippen LogP contribution in [0.3, 0.4) is 0 Å². The molecule has 1 fully saturated rings. The molecule has 0 radical (unpaired) electrons. The number of rotatable bonds is 6. The third-order valence-electron chi connectivity index (χ3n) is 3.07. The van der Waals surface area contributed by atoms with E-state index in [1.807, 2.05) is 0 Å². The fourth-order valence-electron chi connectivity index (χ4n) is 2.16. The van der Waals surface area contributed by atoms with Crippen LogP contribution in [0.25, 0.3) is 0 Å². The summed E-state index contributed by atoms with van der Waals surface area (Å²) in [6.45, 7) is 3.53. The van der Waals surface area contributed by atoms with Gasteiger partial charge in [-0.3, -0.25) is 0 Å². The third-order valence-corrected chi connectivity index (χ3v) is 3.07. The maximum Gasteiger partial charge on any atom is 0.00670 e. The Hall–Kier alpha value is -0.0400. The zero-order chi connectivity index (χ0) is 9.36.